The highest BCUT2D eigenvalue weighted by Crippen LogP contribution is 2.00. The number of aliphatic carboxylic acids is 1. The van der Waals surface area contributed by atoms with Gasteiger partial charge in [0.05, 0.1) is 158 Å². The third-order valence-corrected chi connectivity index (χ3v) is 6.48. The predicted molar refractivity (Wildman–Crippen MR) is 182 cm³/mol. The fourth-order valence-corrected chi connectivity index (χ4v) is 3.43. The van der Waals surface area contributed by atoms with Crippen LogP contribution in [-0.4, -0.2) is 188 Å². The number of ketones is 1. The summed E-state index contributed by atoms with van der Waals surface area (Å²) in [6.45, 7) is 15.8. The molecule has 1 unspecified atom stereocenters. The fraction of sp³-hybridized carbons (Fsp3) is 0.912. The van der Waals surface area contributed by atoms with Crippen molar-refractivity contribution in [1.29, 1.82) is 0 Å². The third kappa shape index (κ3) is 40.8. The van der Waals surface area contributed by atoms with Crippen LogP contribution in [-0.2, 0) is 76.0 Å². The van der Waals surface area contributed by atoms with Gasteiger partial charge in [-0.3, -0.25) is 9.59 Å². The molecule has 302 valence electrons. The average molecular weight is 745 g/mol. The van der Waals surface area contributed by atoms with Gasteiger partial charge in [0.1, 0.15) is 6.61 Å². The van der Waals surface area contributed by atoms with Gasteiger partial charge in [0.15, 0.2) is 0 Å². The number of ether oxygens (including phenoxy) is 13. The Labute approximate surface area is 303 Å². The van der Waals surface area contributed by atoms with E-state index in [0.29, 0.717) is 151 Å². The Morgan fingerprint density at radius 2 is 0.667 bits per heavy atom. The molecule has 0 saturated carbocycles. The summed E-state index contributed by atoms with van der Waals surface area (Å²) in [5.74, 6) is -2.65. The number of carboxylic acids is 1. The summed E-state index contributed by atoms with van der Waals surface area (Å²) in [6, 6.07) is 0. The van der Waals surface area contributed by atoms with Gasteiger partial charge in [-0.05, 0) is 5.92 Å². The molecule has 0 amide bonds. The largest absolute Gasteiger partial charge is 0.476 e. The van der Waals surface area contributed by atoms with Crippen molar-refractivity contribution < 1.29 is 81.1 Å². The minimum atomic E-state index is -1.56. The molecular formula is C34H64O17. The van der Waals surface area contributed by atoms with E-state index < -0.39 is 17.7 Å². The Balaban J connectivity index is 3.12. The second-order valence-corrected chi connectivity index (χ2v) is 10.8. The molecule has 0 aliphatic carbocycles. The zero-order valence-corrected chi connectivity index (χ0v) is 30.9. The topological polar surface area (TPSA) is 191 Å². The number of rotatable bonds is 43. The van der Waals surface area contributed by atoms with Gasteiger partial charge in [-0.2, -0.15) is 0 Å². The standard InChI is InChI=1S/C34H64O17/c1-3-31(2)30-50-27-26-48-23-22-46-19-18-44-15-14-42-11-10-40-7-6-39-8-9-41-12-13-43-16-17-45-20-21-47-24-25-49-28-29-51-33(36)5-4-32(35)34(37)38/h31H,3-30H2,1-2H3,(H,37,38). The minimum absolute atomic E-state index is 0.0129. The van der Waals surface area contributed by atoms with Gasteiger partial charge in [-0.25, -0.2) is 4.79 Å². The Hall–Kier alpha value is -1.87. The molecule has 0 bridgehead atoms. The number of carboxylic acid groups (broad SMARTS) is 1. The van der Waals surface area contributed by atoms with Crippen LogP contribution in [0, 0.1) is 5.92 Å². The predicted octanol–water partition coefficient (Wildman–Crippen LogP) is 1.21. The highest BCUT2D eigenvalue weighted by atomic mass is 16.6. The molecule has 1 atom stereocenters. The van der Waals surface area contributed by atoms with Gasteiger partial charge in [-0.15, -0.1) is 0 Å². The van der Waals surface area contributed by atoms with Crippen molar-refractivity contribution in [2.75, 3.05) is 165 Å². The van der Waals surface area contributed by atoms with E-state index in [1.54, 1.807) is 0 Å². The lowest BCUT2D eigenvalue weighted by molar-refractivity contribution is -0.151. The molecule has 1 N–H and O–H groups in total. The highest BCUT2D eigenvalue weighted by molar-refractivity contribution is 6.32. The monoisotopic (exact) mass is 744 g/mol. The molecule has 17 nitrogen and oxygen atoms in total. The lowest BCUT2D eigenvalue weighted by atomic mass is 10.1. The molecule has 0 aliphatic rings. The van der Waals surface area contributed by atoms with Crippen LogP contribution in [0.2, 0.25) is 0 Å². The smallest absolute Gasteiger partial charge is 0.372 e. The van der Waals surface area contributed by atoms with Crippen LogP contribution in [0.4, 0.5) is 0 Å². The van der Waals surface area contributed by atoms with E-state index in [-0.39, 0.29) is 26.1 Å². The third-order valence-electron chi connectivity index (χ3n) is 6.48. The van der Waals surface area contributed by atoms with Gasteiger partial charge in [-0.1, -0.05) is 20.3 Å². The van der Waals surface area contributed by atoms with Gasteiger partial charge >= 0.3 is 11.9 Å². The number of carbonyl (C=O) groups is 3. The van der Waals surface area contributed by atoms with Crippen molar-refractivity contribution in [1.82, 2.24) is 0 Å². The lowest BCUT2D eigenvalue weighted by Gasteiger charge is -2.10. The number of esters is 1. The second kappa shape index (κ2) is 40.9. The maximum atomic E-state index is 11.4. The molecule has 0 aliphatic heterocycles. The summed E-state index contributed by atoms with van der Waals surface area (Å²) in [7, 11) is 0. The minimum Gasteiger partial charge on any atom is -0.476 e. The molecule has 17 heteroatoms. The number of hydrogen-bond donors (Lipinski definition) is 1. The lowest BCUT2D eigenvalue weighted by Crippen LogP contribution is -2.17. The molecule has 0 spiro atoms. The molecule has 0 rings (SSSR count). The first-order chi connectivity index (χ1) is 25.0. The van der Waals surface area contributed by atoms with Crippen molar-refractivity contribution in [2.45, 2.75) is 33.1 Å². The van der Waals surface area contributed by atoms with Crippen LogP contribution in [0.25, 0.3) is 0 Å². The Morgan fingerprint density at radius 1 is 0.412 bits per heavy atom. The normalized spacial score (nSPS) is 12.0. The molecule has 51 heavy (non-hydrogen) atoms. The Morgan fingerprint density at radius 3 is 0.922 bits per heavy atom. The molecule has 0 radical (unpaired) electrons. The Kier molecular flexibility index (Phi) is 39.4. The van der Waals surface area contributed by atoms with Crippen molar-refractivity contribution >= 4 is 17.7 Å². The van der Waals surface area contributed by atoms with Crippen LogP contribution >= 0.6 is 0 Å². The first-order valence-electron chi connectivity index (χ1n) is 17.8. The van der Waals surface area contributed by atoms with Crippen molar-refractivity contribution in [3.63, 3.8) is 0 Å². The fourth-order valence-electron chi connectivity index (χ4n) is 3.43. The van der Waals surface area contributed by atoms with Gasteiger partial charge < -0.3 is 66.7 Å². The summed E-state index contributed by atoms with van der Waals surface area (Å²) in [5, 5.41) is 8.45. The van der Waals surface area contributed by atoms with E-state index in [0.717, 1.165) is 13.0 Å². The van der Waals surface area contributed by atoms with Crippen LogP contribution in [0.5, 0.6) is 0 Å². The summed E-state index contributed by atoms with van der Waals surface area (Å²) >= 11 is 0. The first-order valence-corrected chi connectivity index (χ1v) is 17.8. The SMILES string of the molecule is CCC(C)COCCOCCOCCOCCOCCOCCOCCOCCOCCOCCOCCOCCOC(=O)CCC(=O)C(=O)O. The average Bonchev–Trinajstić information content (AvgIpc) is 3.13. The molecule has 0 saturated heterocycles. The molecule has 0 aromatic heterocycles. The summed E-state index contributed by atoms with van der Waals surface area (Å²) in [4.78, 5) is 32.7. The summed E-state index contributed by atoms with van der Waals surface area (Å²) < 4.78 is 70.1. The van der Waals surface area contributed by atoms with Gasteiger partial charge in [0.2, 0.25) is 5.78 Å². The summed E-state index contributed by atoms with van der Waals surface area (Å²) in [6.07, 6.45) is 0.461. The van der Waals surface area contributed by atoms with E-state index in [4.69, 9.17) is 66.7 Å². The number of Topliss-reactive ketones (excluding diaryl/α,β-unsaturated/α-hetero) is 1. The number of hydrogen-bond acceptors (Lipinski definition) is 16. The van der Waals surface area contributed by atoms with Crippen molar-refractivity contribution in [3.8, 4) is 0 Å². The van der Waals surface area contributed by atoms with Gasteiger partial charge in [0, 0.05) is 13.0 Å². The molecule has 0 aromatic carbocycles. The molecule has 0 fully saturated rings. The first kappa shape index (κ1) is 49.1. The molecule has 0 aromatic rings. The zero-order valence-electron chi connectivity index (χ0n) is 30.9. The van der Waals surface area contributed by atoms with Gasteiger partial charge in [0.25, 0.3) is 0 Å². The molecule has 0 heterocycles. The maximum absolute atomic E-state index is 11.4. The van der Waals surface area contributed by atoms with Crippen LogP contribution < -0.4 is 0 Å². The van der Waals surface area contributed by atoms with Crippen LogP contribution in [0.1, 0.15) is 33.1 Å². The van der Waals surface area contributed by atoms with E-state index in [1.165, 1.54) is 0 Å². The quantitative estimate of drug-likeness (QED) is 0.0532. The number of carbonyl (C=O) groups excluding carboxylic acids is 2. The Bertz CT molecular complexity index is 773. The second-order valence-electron chi connectivity index (χ2n) is 10.8. The van der Waals surface area contributed by atoms with E-state index in [2.05, 4.69) is 13.8 Å². The highest BCUT2D eigenvalue weighted by Gasteiger charge is 2.14. The van der Waals surface area contributed by atoms with E-state index in [1.807, 2.05) is 0 Å². The van der Waals surface area contributed by atoms with E-state index >= 15 is 0 Å². The summed E-state index contributed by atoms with van der Waals surface area (Å²) in [5.41, 5.74) is 0. The maximum Gasteiger partial charge on any atom is 0.372 e. The zero-order chi connectivity index (χ0) is 37.3. The van der Waals surface area contributed by atoms with Crippen molar-refractivity contribution in [3.05, 3.63) is 0 Å². The van der Waals surface area contributed by atoms with Crippen LogP contribution in [0.15, 0.2) is 0 Å². The van der Waals surface area contributed by atoms with Crippen LogP contribution in [0.3, 0.4) is 0 Å². The molecular weight excluding hydrogens is 680 g/mol. The van der Waals surface area contributed by atoms with E-state index in [9.17, 15) is 14.4 Å². The van der Waals surface area contributed by atoms with Crippen molar-refractivity contribution in [2.24, 2.45) is 5.92 Å².